The Morgan fingerprint density at radius 2 is 1.00 bits per heavy atom. The molecule has 0 aliphatic carbocycles. The standard InChI is InChI=1S/C34H46O8/c1-17-19(3)33-27(21(5)31(17)37)15-25(23(7)41-33)11-13-39-29(35)9-10-30(36)40-14-12-26-16-28-22(6)32(38)18(2)20(4)34(28)42-24(26)8/h23-26,37-38H,9-16H2,1-8H3. The Labute approximate surface area is 249 Å². The Kier molecular flexibility index (Phi) is 9.63. The summed E-state index contributed by atoms with van der Waals surface area (Å²) in [5, 5.41) is 21.0. The van der Waals surface area contributed by atoms with Crippen molar-refractivity contribution in [2.24, 2.45) is 11.8 Å². The van der Waals surface area contributed by atoms with E-state index in [0.29, 0.717) is 24.3 Å². The molecule has 8 nitrogen and oxygen atoms in total. The van der Waals surface area contributed by atoms with E-state index in [1.54, 1.807) is 0 Å². The zero-order chi connectivity index (χ0) is 30.9. The van der Waals surface area contributed by atoms with Crippen molar-refractivity contribution in [3.63, 3.8) is 0 Å². The van der Waals surface area contributed by atoms with Crippen molar-refractivity contribution in [2.45, 2.75) is 106 Å². The van der Waals surface area contributed by atoms with Crippen LogP contribution in [0, 0.1) is 53.4 Å². The zero-order valence-corrected chi connectivity index (χ0v) is 26.3. The van der Waals surface area contributed by atoms with Gasteiger partial charge in [0.2, 0.25) is 0 Å². The van der Waals surface area contributed by atoms with Crippen LogP contribution < -0.4 is 9.47 Å². The number of esters is 2. The van der Waals surface area contributed by atoms with Gasteiger partial charge in [-0.3, -0.25) is 9.59 Å². The van der Waals surface area contributed by atoms with E-state index >= 15 is 0 Å². The maximum Gasteiger partial charge on any atom is 0.306 e. The highest BCUT2D eigenvalue weighted by molar-refractivity contribution is 5.77. The lowest BCUT2D eigenvalue weighted by Crippen LogP contribution is -2.32. The molecule has 42 heavy (non-hydrogen) atoms. The van der Waals surface area contributed by atoms with Crippen molar-refractivity contribution in [1.29, 1.82) is 0 Å². The van der Waals surface area contributed by atoms with Crippen molar-refractivity contribution in [3.8, 4) is 23.0 Å². The number of phenols is 2. The summed E-state index contributed by atoms with van der Waals surface area (Å²) >= 11 is 0. The first kappa shape index (κ1) is 31.5. The van der Waals surface area contributed by atoms with Crippen molar-refractivity contribution in [1.82, 2.24) is 0 Å². The number of aromatic hydroxyl groups is 2. The van der Waals surface area contributed by atoms with E-state index in [9.17, 15) is 19.8 Å². The van der Waals surface area contributed by atoms with Crippen molar-refractivity contribution in [3.05, 3.63) is 44.5 Å². The van der Waals surface area contributed by atoms with Gasteiger partial charge in [-0.15, -0.1) is 0 Å². The fourth-order valence-corrected chi connectivity index (χ4v) is 6.24. The maximum atomic E-state index is 12.3. The predicted octanol–water partition coefficient (Wildman–Crippen LogP) is 6.17. The highest BCUT2D eigenvalue weighted by Gasteiger charge is 2.32. The molecule has 0 spiro atoms. The van der Waals surface area contributed by atoms with Crippen LogP contribution in [0.3, 0.4) is 0 Å². The van der Waals surface area contributed by atoms with E-state index in [1.165, 1.54) is 0 Å². The summed E-state index contributed by atoms with van der Waals surface area (Å²) in [6, 6.07) is 0. The van der Waals surface area contributed by atoms with Gasteiger partial charge in [0.25, 0.3) is 0 Å². The highest BCUT2D eigenvalue weighted by Crippen LogP contribution is 2.44. The maximum absolute atomic E-state index is 12.3. The molecule has 2 aliphatic rings. The van der Waals surface area contributed by atoms with Gasteiger partial charge >= 0.3 is 11.9 Å². The smallest absolute Gasteiger partial charge is 0.306 e. The van der Waals surface area contributed by atoms with Crippen LogP contribution in [-0.4, -0.2) is 47.6 Å². The Balaban J connectivity index is 1.18. The molecule has 0 saturated carbocycles. The minimum Gasteiger partial charge on any atom is -0.507 e. The number of carbonyl (C=O) groups excluding carboxylic acids is 2. The van der Waals surface area contributed by atoms with Gasteiger partial charge in [-0.05, 0) is 114 Å². The highest BCUT2D eigenvalue weighted by atomic mass is 16.5. The topological polar surface area (TPSA) is 112 Å². The number of carbonyl (C=O) groups is 2. The van der Waals surface area contributed by atoms with Crippen LogP contribution in [-0.2, 0) is 31.9 Å². The van der Waals surface area contributed by atoms with Crippen LogP contribution in [0.5, 0.6) is 23.0 Å². The minimum absolute atomic E-state index is 0.0305. The third-order valence-electron chi connectivity index (χ3n) is 9.58. The first-order valence-corrected chi connectivity index (χ1v) is 15.1. The van der Waals surface area contributed by atoms with Gasteiger partial charge in [0.15, 0.2) is 0 Å². The number of phenolic OH excluding ortho intramolecular Hbond substituents is 2. The molecule has 2 aliphatic heterocycles. The largest absolute Gasteiger partial charge is 0.507 e. The second-order valence-electron chi connectivity index (χ2n) is 12.2. The SMILES string of the molecule is Cc1c(C)c2c(c(C)c1O)CC(CCOC(=O)CCC(=O)OCCC1Cc3c(C)c(O)c(C)c(C)c3OC1C)C(C)O2. The molecule has 2 heterocycles. The predicted molar refractivity (Wildman–Crippen MR) is 160 cm³/mol. The van der Waals surface area contributed by atoms with Crippen LogP contribution in [0.2, 0.25) is 0 Å². The van der Waals surface area contributed by atoms with Crippen LogP contribution >= 0.6 is 0 Å². The number of rotatable bonds is 9. The van der Waals surface area contributed by atoms with Crippen molar-refractivity contribution >= 4 is 11.9 Å². The average Bonchev–Trinajstić information content (AvgIpc) is 2.96. The van der Waals surface area contributed by atoms with Gasteiger partial charge in [-0.2, -0.15) is 0 Å². The molecule has 0 saturated heterocycles. The molecule has 2 N–H and O–H groups in total. The van der Waals surface area contributed by atoms with E-state index in [0.717, 1.165) is 68.8 Å². The molecule has 2 aromatic carbocycles. The van der Waals surface area contributed by atoms with Gasteiger partial charge in [0.1, 0.15) is 23.0 Å². The molecule has 0 radical (unpaired) electrons. The van der Waals surface area contributed by atoms with Gasteiger partial charge in [0.05, 0.1) is 38.3 Å². The molecule has 0 amide bonds. The summed E-state index contributed by atoms with van der Waals surface area (Å²) in [6.45, 7) is 16.1. The molecular formula is C34H46O8. The number of benzene rings is 2. The van der Waals surface area contributed by atoms with E-state index in [-0.39, 0.29) is 50.1 Å². The van der Waals surface area contributed by atoms with Crippen molar-refractivity contribution in [2.75, 3.05) is 13.2 Å². The molecule has 4 rings (SSSR count). The van der Waals surface area contributed by atoms with E-state index in [4.69, 9.17) is 18.9 Å². The van der Waals surface area contributed by atoms with Gasteiger partial charge in [-0.1, -0.05) is 0 Å². The molecular weight excluding hydrogens is 536 g/mol. The first-order chi connectivity index (χ1) is 19.8. The van der Waals surface area contributed by atoms with Crippen LogP contribution in [0.15, 0.2) is 0 Å². The molecule has 2 aromatic rings. The summed E-state index contributed by atoms with van der Waals surface area (Å²) < 4.78 is 23.3. The monoisotopic (exact) mass is 582 g/mol. The van der Waals surface area contributed by atoms with Crippen LogP contribution in [0.1, 0.15) is 84.0 Å². The summed E-state index contributed by atoms with van der Waals surface area (Å²) in [4.78, 5) is 24.6. The number of hydrogen-bond donors (Lipinski definition) is 2. The summed E-state index contributed by atoms with van der Waals surface area (Å²) in [5.74, 6) is 1.79. The quantitative estimate of drug-likeness (QED) is 0.338. The number of hydrogen-bond acceptors (Lipinski definition) is 8. The average molecular weight is 583 g/mol. The molecule has 4 atom stereocenters. The van der Waals surface area contributed by atoms with Gasteiger partial charge in [-0.25, -0.2) is 0 Å². The fraction of sp³-hybridized carbons (Fsp3) is 0.588. The van der Waals surface area contributed by atoms with E-state index in [1.807, 2.05) is 55.4 Å². The second kappa shape index (κ2) is 12.8. The van der Waals surface area contributed by atoms with Crippen molar-refractivity contribution < 1.29 is 38.7 Å². The number of fused-ring (bicyclic) bond motifs is 2. The molecule has 0 bridgehead atoms. The Morgan fingerprint density at radius 1 is 0.643 bits per heavy atom. The van der Waals surface area contributed by atoms with Crippen LogP contribution in [0.25, 0.3) is 0 Å². The second-order valence-corrected chi connectivity index (χ2v) is 12.2. The Hall–Kier alpha value is -3.42. The number of ether oxygens (including phenoxy) is 4. The Bertz CT molecular complexity index is 1260. The third-order valence-corrected chi connectivity index (χ3v) is 9.58. The van der Waals surface area contributed by atoms with Crippen LogP contribution in [0.4, 0.5) is 0 Å². The fourth-order valence-electron chi connectivity index (χ4n) is 6.24. The molecule has 8 heteroatoms. The van der Waals surface area contributed by atoms with E-state index < -0.39 is 11.9 Å². The lowest BCUT2D eigenvalue weighted by Gasteiger charge is -2.34. The molecule has 230 valence electrons. The molecule has 4 unspecified atom stereocenters. The van der Waals surface area contributed by atoms with Gasteiger partial charge < -0.3 is 29.2 Å². The summed E-state index contributed by atoms with van der Waals surface area (Å²) in [6.07, 6.45) is 2.61. The first-order valence-electron chi connectivity index (χ1n) is 15.1. The zero-order valence-electron chi connectivity index (χ0n) is 26.3. The minimum atomic E-state index is -0.427. The normalized spacial score (nSPS) is 21.0. The lowest BCUT2D eigenvalue weighted by atomic mass is 9.84. The molecule has 0 aromatic heterocycles. The summed E-state index contributed by atoms with van der Waals surface area (Å²) in [5.41, 5.74) is 7.33. The molecule has 0 fully saturated rings. The lowest BCUT2D eigenvalue weighted by molar-refractivity contribution is -0.151. The summed E-state index contributed by atoms with van der Waals surface area (Å²) in [7, 11) is 0. The Morgan fingerprint density at radius 3 is 1.36 bits per heavy atom. The van der Waals surface area contributed by atoms with Gasteiger partial charge in [0, 0.05) is 23.0 Å². The third kappa shape index (κ3) is 6.32. The van der Waals surface area contributed by atoms with E-state index in [2.05, 4.69) is 0 Å².